The molecule has 0 radical (unpaired) electrons. The standard InChI is InChI=1S/C27H32O6/c1-3-11-24-22(4-2)23(17-28)25(33-24)16-21(32-27(30)20-14-9-6-10-15-20)18-31-26(29)19-12-7-5-8-13-19/h3,5-10,12-15,21-25,28H,1,4,11,16-18H2,2H3/t21-,22+,23+,24-,25+/m0/s1. The Morgan fingerprint density at radius 1 is 1.00 bits per heavy atom. The lowest BCUT2D eigenvalue weighted by Crippen LogP contribution is -2.33. The molecule has 1 aliphatic rings. The van der Waals surface area contributed by atoms with Gasteiger partial charge in [-0.15, -0.1) is 6.58 Å². The molecular formula is C27H32O6. The van der Waals surface area contributed by atoms with Crippen LogP contribution in [-0.4, -0.2) is 48.6 Å². The van der Waals surface area contributed by atoms with Crippen molar-refractivity contribution in [3.8, 4) is 0 Å². The van der Waals surface area contributed by atoms with E-state index in [1.54, 1.807) is 48.5 Å². The van der Waals surface area contributed by atoms with E-state index in [0.29, 0.717) is 24.0 Å². The summed E-state index contributed by atoms with van der Waals surface area (Å²) in [7, 11) is 0. The van der Waals surface area contributed by atoms with Gasteiger partial charge < -0.3 is 19.3 Å². The highest BCUT2D eigenvalue weighted by molar-refractivity contribution is 5.90. The van der Waals surface area contributed by atoms with Crippen LogP contribution in [0.4, 0.5) is 0 Å². The van der Waals surface area contributed by atoms with Crippen LogP contribution in [0.3, 0.4) is 0 Å². The normalized spacial score (nSPS) is 23.0. The van der Waals surface area contributed by atoms with Crippen molar-refractivity contribution >= 4 is 11.9 Å². The van der Waals surface area contributed by atoms with Crippen molar-refractivity contribution in [2.45, 2.75) is 44.5 Å². The number of carbonyl (C=O) groups is 2. The van der Waals surface area contributed by atoms with E-state index < -0.39 is 18.0 Å². The molecule has 6 nitrogen and oxygen atoms in total. The average molecular weight is 453 g/mol. The summed E-state index contributed by atoms with van der Waals surface area (Å²) in [5, 5.41) is 10.1. The van der Waals surface area contributed by atoms with Crippen molar-refractivity contribution in [1.29, 1.82) is 0 Å². The second-order valence-electron chi connectivity index (χ2n) is 8.25. The van der Waals surface area contributed by atoms with Gasteiger partial charge in [0.25, 0.3) is 0 Å². The molecule has 1 heterocycles. The van der Waals surface area contributed by atoms with Gasteiger partial charge in [0.15, 0.2) is 0 Å². The van der Waals surface area contributed by atoms with Crippen LogP contribution in [0.1, 0.15) is 46.9 Å². The van der Waals surface area contributed by atoms with Crippen LogP contribution in [0.15, 0.2) is 73.3 Å². The van der Waals surface area contributed by atoms with E-state index in [0.717, 1.165) is 6.42 Å². The molecule has 5 atom stereocenters. The third-order valence-electron chi connectivity index (χ3n) is 6.12. The molecule has 0 spiro atoms. The van der Waals surface area contributed by atoms with Crippen LogP contribution in [0.25, 0.3) is 0 Å². The molecule has 1 saturated heterocycles. The fraction of sp³-hybridized carbons (Fsp3) is 0.407. The largest absolute Gasteiger partial charge is 0.458 e. The van der Waals surface area contributed by atoms with Gasteiger partial charge in [-0.3, -0.25) is 0 Å². The molecule has 1 aliphatic heterocycles. The van der Waals surface area contributed by atoms with Crippen molar-refractivity contribution in [3.05, 3.63) is 84.4 Å². The van der Waals surface area contributed by atoms with Crippen molar-refractivity contribution in [1.82, 2.24) is 0 Å². The lowest BCUT2D eigenvalue weighted by atomic mass is 9.83. The molecule has 0 amide bonds. The highest BCUT2D eigenvalue weighted by atomic mass is 16.6. The van der Waals surface area contributed by atoms with Crippen LogP contribution in [0.5, 0.6) is 0 Å². The van der Waals surface area contributed by atoms with Crippen molar-refractivity contribution in [2.24, 2.45) is 11.8 Å². The Bertz CT molecular complexity index is 897. The molecule has 176 valence electrons. The van der Waals surface area contributed by atoms with Gasteiger partial charge >= 0.3 is 11.9 Å². The summed E-state index contributed by atoms with van der Waals surface area (Å²) < 4.78 is 17.5. The summed E-state index contributed by atoms with van der Waals surface area (Å²) in [5.74, 6) is -0.902. The number of esters is 2. The predicted octanol–water partition coefficient (Wildman–Crippen LogP) is 4.44. The third kappa shape index (κ3) is 6.53. The van der Waals surface area contributed by atoms with Gasteiger partial charge in [-0.05, 0) is 36.6 Å². The third-order valence-corrected chi connectivity index (χ3v) is 6.12. The highest BCUT2D eigenvalue weighted by Gasteiger charge is 2.43. The maximum absolute atomic E-state index is 12.7. The minimum Gasteiger partial charge on any atom is -0.458 e. The molecule has 3 rings (SSSR count). The molecule has 2 aromatic carbocycles. The minimum atomic E-state index is -0.718. The first-order valence-electron chi connectivity index (χ1n) is 11.4. The van der Waals surface area contributed by atoms with Crippen LogP contribution in [0.2, 0.25) is 0 Å². The van der Waals surface area contributed by atoms with Crippen LogP contribution in [0, 0.1) is 11.8 Å². The zero-order valence-corrected chi connectivity index (χ0v) is 19.0. The summed E-state index contributed by atoms with van der Waals surface area (Å²) in [6, 6.07) is 17.3. The molecule has 1 fully saturated rings. The molecule has 6 heteroatoms. The second kappa shape index (κ2) is 12.3. The molecule has 0 saturated carbocycles. The Balaban J connectivity index is 1.73. The van der Waals surface area contributed by atoms with Crippen molar-refractivity contribution in [3.63, 3.8) is 0 Å². The van der Waals surface area contributed by atoms with Crippen molar-refractivity contribution in [2.75, 3.05) is 13.2 Å². The monoisotopic (exact) mass is 452 g/mol. The van der Waals surface area contributed by atoms with Gasteiger partial charge in [0.05, 0.1) is 23.3 Å². The zero-order valence-electron chi connectivity index (χ0n) is 19.0. The van der Waals surface area contributed by atoms with E-state index in [1.165, 1.54) is 0 Å². The summed E-state index contributed by atoms with van der Waals surface area (Å²) in [6.07, 6.45) is 2.58. The number of aliphatic hydroxyl groups excluding tert-OH is 1. The van der Waals surface area contributed by atoms with E-state index >= 15 is 0 Å². The van der Waals surface area contributed by atoms with Crippen LogP contribution < -0.4 is 0 Å². The predicted molar refractivity (Wildman–Crippen MR) is 125 cm³/mol. The summed E-state index contributed by atoms with van der Waals surface area (Å²) in [6.45, 7) is 5.75. The van der Waals surface area contributed by atoms with Gasteiger partial charge in [-0.25, -0.2) is 9.59 Å². The average Bonchev–Trinajstić information content (AvgIpc) is 3.19. The Hall–Kier alpha value is -2.96. The van der Waals surface area contributed by atoms with E-state index in [2.05, 4.69) is 13.5 Å². The van der Waals surface area contributed by atoms with Crippen molar-refractivity contribution < 1.29 is 28.9 Å². The van der Waals surface area contributed by atoms with Crippen LogP contribution >= 0.6 is 0 Å². The molecule has 1 N–H and O–H groups in total. The van der Waals surface area contributed by atoms with E-state index in [-0.39, 0.29) is 37.3 Å². The number of carbonyl (C=O) groups excluding carboxylic acids is 2. The molecule has 0 aromatic heterocycles. The highest BCUT2D eigenvalue weighted by Crippen LogP contribution is 2.38. The Labute approximate surface area is 195 Å². The van der Waals surface area contributed by atoms with Gasteiger partial charge in [0.1, 0.15) is 12.7 Å². The van der Waals surface area contributed by atoms with Gasteiger partial charge in [-0.2, -0.15) is 0 Å². The van der Waals surface area contributed by atoms with Crippen LogP contribution in [-0.2, 0) is 14.2 Å². The Morgan fingerprint density at radius 2 is 1.61 bits per heavy atom. The fourth-order valence-electron chi connectivity index (χ4n) is 4.45. The first-order valence-corrected chi connectivity index (χ1v) is 11.4. The van der Waals surface area contributed by atoms with E-state index in [4.69, 9.17) is 14.2 Å². The number of hydrogen-bond acceptors (Lipinski definition) is 6. The maximum Gasteiger partial charge on any atom is 0.338 e. The Kier molecular flexibility index (Phi) is 9.22. The SMILES string of the molecule is C=CC[C@@H]1O[C@H](C[C@@H](COC(=O)c2ccccc2)OC(=O)c2ccccc2)[C@H](CO)[C@H]1CC. The second-order valence-corrected chi connectivity index (χ2v) is 8.25. The molecule has 2 aromatic rings. The van der Waals surface area contributed by atoms with Gasteiger partial charge in [0.2, 0.25) is 0 Å². The summed E-state index contributed by atoms with van der Waals surface area (Å²) >= 11 is 0. The number of aliphatic hydroxyl groups is 1. The smallest absolute Gasteiger partial charge is 0.338 e. The first kappa shape index (κ1) is 24.7. The van der Waals surface area contributed by atoms with Gasteiger partial charge in [0, 0.05) is 18.9 Å². The molecular weight excluding hydrogens is 420 g/mol. The molecule has 0 bridgehead atoms. The van der Waals surface area contributed by atoms with Gasteiger partial charge in [-0.1, -0.05) is 55.8 Å². The number of benzene rings is 2. The number of ether oxygens (including phenoxy) is 3. The lowest BCUT2D eigenvalue weighted by Gasteiger charge is -2.25. The number of rotatable bonds is 11. The lowest BCUT2D eigenvalue weighted by molar-refractivity contribution is -0.0376. The van der Waals surface area contributed by atoms with E-state index in [1.807, 2.05) is 18.2 Å². The first-order chi connectivity index (χ1) is 16.1. The summed E-state index contributed by atoms with van der Waals surface area (Å²) in [5.41, 5.74) is 0.840. The molecule has 0 aliphatic carbocycles. The topological polar surface area (TPSA) is 82.1 Å². The zero-order chi connectivity index (χ0) is 23.6. The van der Waals surface area contributed by atoms with E-state index in [9.17, 15) is 14.7 Å². The fourth-order valence-corrected chi connectivity index (χ4v) is 4.45. The quantitative estimate of drug-likeness (QED) is 0.401. The Morgan fingerprint density at radius 3 is 2.15 bits per heavy atom. The maximum atomic E-state index is 12.7. The molecule has 0 unspecified atom stereocenters. The minimum absolute atomic E-state index is 0.0278. The molecule has 33 heavy (non-hydrogen) atoms. The summed E-state index contributed by atoms with van der Waals surface area (Å²) in [4.78, 5) is 25.2. The number of hydrogen-bond donors (Lipinski definition) is 1.